The minimum atomic E-state index is -0.836. The summed E-state index contributed by atoms with van der Waals surface area (Å²) in [5, 5.41) is 2.81. The summed E-state index contributed by atoms with van der Waals surface area (Å²) in [6, 6.07) is 7.54. The number of benzene rings is 1. The number of amides is 1. The highest BCUT2D eigenvalue weighted by Crippen LogP contribution is 2.14. The summed E-state index contributed by atoms with van der Waals surface area (Å²) >= 11 is 0. The van der Waals surface area contributed by atoms with Crippen molar-refractivity contribution in [2.45, 2.75) is 32.4 Å². The quantitative estimate of drug-likeness (QED) is 0.820. The van der Waals surface area contributed by atoms with Crippen LogP contribution in [0.4, 0.5) is 5.69 Å². The van der Waals surface area contributed by atoms with Gasteiger partial charge in [-0.25, -0.2) is 0 Å². The van der Waals surface area contributed by atoms with E-state index in [-0.39, 0.29) is 5.91 Å². The van der Waals surface area contributed by atoms with Crippen molar-refractivity contribution in [3.63, 3.8) is 0 Å². The van der Waals surface area contributed by atoms with E-state index in [1.165, 1.54) is 0 Å². The van der Waals surface area contributed by atoms with E-state index >= 15 is 0 Å². The normalized spacial score (nSPS) is 14.1. The average molecular weight is 236 g/mol. The van der Waals surface area contributed by atoms with Crippen LogP contribution in [0.25, 0.3) is 0 Å². The molecule has 1 aromatic carbocycles. The van der Waals surface area contributed by atoms with E-state index in [1.54, 1.807) is 14.0 Å². The first-order valence-corrected chi connectivity index (χ1v) is 5.68. The molecular weight excluding hydrogens is 216 g/mol. The second-order valence-electron chi connectivity index (χ2n) is 4.36. The highest BCUT2D eigenvalue weighted by atomic mass is 16.5. The number of carbonyl (C=O) groups is 1. The first-order valence-electron chi connectivity index (χ1n) is 5.68. The van der Waals surface area contributed by atoms with Crippen molar-refractivity contribution in [1.29, 1.82) is 0 Å². The third-order valence-corrected chi connectivity index (χ3v) is 2.75. The molecule has 0 aliphatic heterocycles. The number of nitrogens with one attached hydrogen (secondary N) is 1. The van der Waals surface area contributed by atoms with E-state index in [9.17, 15) is 4.79 Å². The standard InChI is InChI=1S/C13H20N2O2/c1-4-13(2,14)12(16)15-11-7-5-6-10(8-11)9-17-3/h5-8H,4,9,14H2,1-3H3,(H,15,16). The summed E-state index contributed by atoms with van der Waals surface area (Å²) in [5.41, 5.74) is 6.79. The summed E-state index contributed by atoms with van der Waals surface area (Å²) in [7, 11) is 1.64. The number of hydrogen-bond donors (Lipinski definition) is 2. The Morgan fingerprint density at radius 2 is 2.24 bits per heavy atom. The van der Waals surface area contributed by atoms with Gasteiger partial charge < -0.3 is 15.8 Å². The predicted molar refractivity (Wildman–Crippen MR) is 68.7 cm³/mol. The van der Waals surface area contributed by atoms with Gasteiger partial charge in [0.1, 0.15) is 0 Å². The van der Waals surface area contributed by atoms with Gasteiger partial charge in [0.15, 0.2) is 0 Å². The zero-order chi connectivity index (χ0) is 12.9. The van der Waals surface area contributed by atoms with E-state index < -0.39 is 5.54 Å². The molecule has 1 rings (SSSR count). The summed E-state index contributed by atoms with van der Waals surface area (Å²) in [4.78, 5) is 11.9. The Kier molecular flexibility index (Phi) is 4.66. The average Bonchev–Trinajstić information content (AvgIpc) is 2.30. The van der Waals surface area contributed by atoms with Crippen LogP contribution in [0.15, 0.2) is 24.3 Å². The highest BCUT2D eigenvalue weighted by Gasteiger charge is 2.25. The van der Waals surface area contributed by atoms with Gasteiger partial charge in [0.05, 0.1) is 12.1 Å². The highest BCUT2D eigenvalue weighted by molar-refractivity contribution is 5.97. The lowest BCUT2D eigenvalue weighted by Crippen LogP contribution is -2.47. The molecule has 17 heavy (non-hydrogen) atoms. The molecule has 0 heterocycles. The maximum absolute atomic E-state index is 11.9. The molecule has 1 amide bonds. The molecule has 1 unspecified atom stereocenters. The van der Waals surface area contributed by atoms with E-state index in [1.807, 2.05) is 31.2 Å². The molecule has 0 radical (unpaired) electrons. The van der Waals surface area contributed by atoms with Crippen molar-refractivity contribution in [2.75, 3.05) is 12.4 Å². The molecule has 1 atom stereocenters. The van der Waals surface area contributed by atoms with E-state index in [4.69, 9.17) is 10.5 Å². The molecule has 94 valence electrons. The first-order chi connectivity index (χ1) is 7.99. The number of nitrogens with two attached hydrogens (primary N) is 1. The predicted octanol–water partition coefficient (Wildman–Crippen LogP) is 1.90. The molecule has 0 fully saturated rings. The molecule has 0 spiro atoms. The molecule has 0 saturated carbocycles. The van der Waals surface area contributed by atoms with Crippen LogP contribution in [0.3, 0.4) is 0 Å². The van der Waals surface area contributed by atoms with Crippen LogP contribution in [-0.2, 0) is 16.1 Å². The van der Waals surface area contributed by atoms with Crippen LogP contribution >= 0.6 is 0 Å². The second kappa shape index (κ2) is 5.80. The lowest BCUT2D eigenvalue weighted by atomic mass is 9.99. The van der Waals surface area contributed by atoms with E-state index in [0.717, 1.165) is 11.3 Å². The lowest BCUT2D eigenvalue weighted by Gasteiger charge is -2.21. The first kappa shape index (κ1) is 13.7. The van der Waals surface area contributed by atoms with Gasteiger partial charge in [0, 0.05) is 12.8 Å². The lowest BCUT2D eigenvalue weighted by molar-refractivity contribution is -0.120. The molecule has 0 bridgehead atoms. The molecule has 0 saturated heterocycles. The van der Waals surface area contributed by atoms with Gasteiger partial charge in [-0.15, -0.1) is 0 Å². The van der Waals surface area contributed by atoms with Gasteiger partial charge in [-0.2, -0.15) is 0 Å². The third-order valence-electron chi connectivity index (χ3n) is 2.75. The van der Waals surface area contributed by atoms with Gasteiger partial charge in [-0.3, -0.25) is 4.79 Å². The van der Waals surface area contributed by atoms with Gasteiger partial charge in [-0.05, 0) is 31.0 Å². The van der Waals surface area contributed by atoms with Crippen molar-refractivity contribution in [3.8, 4) is 0 Å². The van der Waals surface area contributed by atoms with Gasteiger partial charge >= 0.3 is 0 Å². The minimum absolute atomic E-state index is 0.172. The van der Waals surface area contributed by atoms with Crippen LogP contribution in [0.2, 0.25) is 0 Å². The van der Waals surface area contributed by atoms with E-state index in [0.29, 0.717) is 13.0 Å². The fraction of sp³-hybridized carbons (Fsp3) is 0.462. The number of hydrogen-bond acceptors (Lipinski definition) is 3. The Balaban J connectivity index is 2.75. The van der Waals surface area contributed by atoms with E-state index in [2.05, 4.69) is 5.32 Å². The topological polar surface area (TPSA) is 64.4 Å². The van der Waals surface area contributed by atoms with Crippen molar-refractivity contribution < 1.29 is 9.53 Å². The number of rotatable bonds is 5. The van der Waals surface area contributed by atoms with Crippen molar-refractivity contribution >= 4 is 11.6 Å². The van der Waals surface area contributed by atoms with Crippen molar-refractivity contribution in [2.24, 2.45) is 5.73 Å². The van der Waals surface area contributed by atoms with Crippen LogP contribution in [0, 0.1) is 0 Å². The zero-order valence-corrected chi connectivity index (χ0v) is 10.6. The van der Waals surface area contributed by atoms with Crippen molar-refractivity contribution in [1.82, 2.24) is 0 Å². The Bertz CT molecular complexity index is 389. The third kappa shape index (κ3) is 3.84. The van der Waals surface area contributed by atoms with Crippen molar-refractivity contribution in [3.05, 3.63) is 29.8 Å². The Morgan fingerprint density at radius 3 is 2.82 bits per heavy atom. The maximum Gasteiger partial charge on any atom is 0.244 e. The van der Waals surface area contributed by atoms with Gasteiger partial charge in [0.25, 0.3) is 0 Å². The molecule has 0 aromatic heterocycles. The number of carbonyl (C=O) groups excluding carboxylic acids is 1. The molecule has 1 aromatic rings. The molecule has 4 heteroatoms. The number of ether oxygens (including phenoxy) is 1. The summed E-state index contributed by atoms with van der Waals surface area (Å²) < 4.78 is 5.04. The van der Waals surface area contributed by atoms with Crippen LogP contribution in [0.5, 0.6) is 0 Å². The van der Waals surface area contributed by atoms with Crippen LogP contribution < -0.4 is 11.1 Å². The van der Waals surface area contributed by atoms with Crippen LogP contribution in [0.1, 0.15) is 25.8 Å². The smallest absolute Gasteiger partial charge is 0.244 e. The molecule has 3 N–H and O–H groups in total. The number of anilines is 1. The molecule has 0 aliphatic carbocycles. The fourth-order valence-electron chi connectivity index (χ4n) is 1.34. The minimum Gasteiger partial charge on any atom is -0.380 e. The summed E-state index contributed by atoms with van der Waals surface area (Å²) in [5.74, 6) is -0.172. The molecule has 4 nitrogen and oxygen atoms in total. The van der Waals surface area contributed by atoms with Crippen LogP contribution in [-0.4, -0.2) is 18.6 Å². The Morgan fingerprint density at radius 1 is 1.53 bits per heavy atom. The molecular formula is C13H20N2O2. The summed E-state index contributed by atoms with van der Waals surface area (Å²) in [6.07, 6.45) is 0.594. The largest absolute Gasteiger partial charge is 0.380 e. The SMILES string of the molecule is CCC(C)(N)C(=O)Nc1cccc(COC)c1. The zero-order valence-electron chi connectivity index (χ0n) is 10.6. The van der Waals surface area contributed by atoms with Gasteiger partial charge in [-0.1, -0.05) is 19.1 Å². The summed E-state index contributed by atoms with van der Waals surface area (Å²) in [6.45, 7) is 4.14. The van der Waals surface area contributed by atoms with Gasteiger partial charge in [0.2, 0.25) is 5.91 Å². The Hall–Kier alpha value is -1.39. The monoisotopic (exact) mass is 236 g/mol. The molecule has 0 aliphatic rings. The maximum atomic E-state index is 11.9. The second-order valence-corrected chi connectivity index (χ2v) is 4.36. The fourth-order valence-corrected chi connectivity index (χ4v) is 1.34. The number of methoxy groups -OCH3 is 1. The Labute approximate surface area is 102 Å².